The first-order valence-corrected chi connectivity index (χ1v) is 5.36. The smallest absolute Gasteiger partial charge is 0.142 e. The Bertz CT molecular complexity index is 436. The van der Waals surface area contributed by atoms with E-state index < -0.39 is 0 Å². The van der Waals surface area contributed by atoms with Gasteiger partial charge in [-0.05, 0) is 18.6 Å². The van der Waals surface area contributed by atoms with Crippen molar-refractivity contribution in [2.24, 2.45) is 5.41 Å². The van der Waals surface area contributed by atoms with Crippen LogP contribution in [0.25, 0.3) is 0 Å². The molecule has 0 saturated heterocycles. The molecule has 0 spiro atoms. The molecule has 2 atom stereocenters. The first-order valence-electron chi connectivity index (χ1n) is 5.36. The van der Waals surface area contributed by atoms with Gasteiger partial charge in [-0.15, -0.1) is 0 Å². The van der Waals surface area contributed by atoms with Gasteiger partial charge in [0.25, 0.3) is 0 Å². The van der Waals surface area contributed by atoms with Gasteiger partial charge in [-0.2, -0.15) is 5.26 Å². The Hall–Kier alpha value is -1.60. The normalized spacial score (nSPS) is 26.6. The maximum Gasteiger partial charge on any atom is 0.142 e. The lowest BCUT2D eigenvalue weighted by Gasteiger charge is -2.49. The second-order valence-electron chi connectivity index (χ2n) is 4.79. The second-order valence-corrected chi connectivity index (χ2v) is 4.79. The molecule has 0 amide bonds. The van der Waals surface area contributed by atoms with E-state index in [9.17, 15) is 5.11 Å². The Balaban J connectivity index is 2.08. The van der Waals surface area contributed by atoms with Gasteiger partial charge in [-0.3, -0.25) is 0 Å². The molecular weight excluding hydrogens is 202 g/mol. The van der Waals surface area contributed by atoms with Crippen molar-refractivity contribution in [2.75, 3.05) is 5.32 Å². The summed E-state index contributed by atoms with van der Waals surface area (Å²) in [6.07, 6.45) is 0.468. The van der Waals surface area contributed by atoms with E-state index in [-0.39, 0.29) is 17.6 Å². The molecule has 2 N–H and O–H groups in total. The van der Waals surface area contributed by atoms with Gasteiger partial charge < -0.3 is 10.4 Å². The molecule has 2 rings (SSSR count). The number of rotatable bonds is 2. The Morgan fingerprint density at radius 1 is 1.56 bits per heavy atom. The predicted octanol–water partition coefficient (Wildman–Crippen LogP) is 1.52. The van der Waals surface area contributed by atoms with Crippen LogP contribution < -0.4 is 5.32 Å². The molecule has 0 radical (unpaired) electrons. The minimum Gasteiger partial charge on any atom is -0.392 e. The van der Waals surface area contributed by atoms with Gasteiger partial charge in [0.1, 0.15) is 17.6 Å². The van der Waals surface area contributed by atoms with E-state index in [4.69, 9.17) is 5.26 Å². The number of aliphatic hydroxyl groups excluding tert-OH is 1. The largest absolute Gasteiger partial charge is 0.392 e. The number of pyridine rings is 1. The summed E-state index contributed by atoms with van der Waals surface area (Å²) < 4.78 is 0. The van der Waals surface area contributed by atoms with Crippen molar-refractivity contribution >= 4 is 5.82 Å². The third-order valence-electron chi connectivity index (χ3n) is 3.40. The van der Waals surface area contributed by atoms with Crippen LogP contribution >= 0.6 is 0 Å². The molecule has 1 saturated carbocycles. The van der Waals surface area contributed by atoms with Crippen LogP contribution in [0.15, 0.2) is 18.2 Å². The zero-order valence-corrected chi connectivity index (χ0v) is 9.44. The molecule has 4 heteroatoms. The summed E-state index contributed by atoms with van der Waals surface area (Å²) in [6.45, 7) is 4.04. The van der Waals surface area contributed by atoms with Crippen LogP contribution in [-0.4, -0.2) is 22.2 Å². The summed E-state index contributed by atoms with van der Waals surface area (Å²) in [6, 6.07) is 7.53. The Morgan fingerprint density at radius 3 is 2.88 bits per heavy atom. The first-order chi connectivity index (χ1) is 7.54. The van der Waals surface area contributed by atoms with Crippen molar-refractivity contribution in [1.29, 1.82) is 5.26 Å². The topological polar surface area (TPSA) is 68.9 Å². The average molecular weight is 217 g/mol. The number of nitrogens with zero attached hydrogens (tertiary/aromatic N) is 2. The fourth-order valence-electron chi connectivity index (χ4n) is 1.90. The molecule has 1 heterocycles. The minimum atomic E-state index is -0.260. The zero-order chi connectivity index (χ0) is 11.8. The third-order valence-corrected chi connectivity index (χ3v) is 3.40. The highest BCUT2D eigenvalue weighted by Crippen LogP contribution is 2.41. The summed E-state index contributed by atoms with van der Waals surface area (Å²) in [5.41, 5.74) is 0.271. The van der Waals surface area contributed by atoms with Crippen LogP contribution in [0.1, 0.15) is 26.0 Å². The second kappa shape index (κ2) is 3.76. The Labute approximate surface area is 94.9 Å². The van der Waals surface area contributed by atoms with Gasteiger partial charge in [0.2, 0.25) is 0 Å². The summed E-state index contributed by atoms with van der Waals surface area (Å²) in [5, 5.41) is 21.6. The van der Waals surface area contributed by atoms with Crippen LogP contribution in [0, 0.1) is 16.7 Å². The highest BCUT2D eigenvalue weighted by Gasteiger charge is 2.47. The third kappa shape index (κ3) is 1.74. The minimum absolute atomic E-state index is 0.135. The fourth-order valence-corrected chi connectivity index (χ4v) is 1.90. The van der Waals surface area contributed by atoms with Crippen LogP contribution in [0.2, 0.25) is 0 Å². The number of aromatic nitrogens is 1. The summed E-state index contributed by atoms with van der Waals surface area (Å²) in [7, 11) is 0. The molecule has 1 aliphatic carbocycles. The van der Waals surface area contributed by atoms with E-state index in [1.807, 2.05) is 26.0 Å². The molecule has 2 unspecified atom stereocenters. The van der Waals surface area contributed by atoms with Gasteiger partial charge in [-0.25, -0.2) is 4.98 Å². The maximum absolute atomic E-state index is 9.61. The van der Waals surface area contributed by atoms with Crippen molar-refractivity contribution in [3.8, 4) is 6.07 Å². The van der Waals surface area contributed by atoms with Crippen LogP contribution in [-0.2, 0) is 0 Å². The Kier molecular flexibility index (Phi) is 2.56. The molecule has 4 nitrogen and oxygen atoms in total. The number of hydrogen-bond donors (Lipinski definition) is 2. The van der Waals surface area contributed by atoms with E-state index >= 15 is 0 Å². The van der Waals surface area contributed by atoms with Gasteiger partial charge in [0, 0.05) is 11.5 Å². The van der Waals surface area contributed by atoms with Gasteiger partial charge in [0.15, 0.2) is 0 Å². The molecule has 84 valence electrons. The summed E-state index contributed by atoms with van der Waals surface area (Å²) in [4.78, 5) is 4.15. The van der Waals surface area contributed by atoms with Crippen molar-refractivity contribution < 1.29 is 5.11 Å². The molecular formula is C12H15N3O. The van der Waals surface area contributed by atoms with E-state index in [0.29, 0.717) is 11.5 Å². The SMILES string of the molecule is CC1(C)C(O)CC1Nc1cccc(C#N)n1. The zero-order valence-electron chi connectivity index (χ0n) is 9.44. The molecule has 0 bridgehead atoms. The van der Waals surface area contributed by atoms with Crippen molar-refractivity contribution in [3.63, 3.8) is 0 Å². The monoisotopic (exact) mass is 217 g/mol. The van der Waals surface area contributed by atoms with Crippen molar-refractivity contribution in [1.82, 2.24) is 4.98 Å². The molecule has 1 fully saturated rings. The molecule has 16 heavy (non-hydrogen) atoms. The fraction of sp³-hybridized carbons (Fsp3) is 0.500. The highest BCUT2D eigenvalue weighted by molar-refractivity contribution is 5.40. The molecule has 1 aromatic heterocycles. The average Bonchev–Trinajstić information content (AvgIpc) is 2.29. The quantitative estimate of drug-likeness (QED) is 0.788. The predicted molar refractivity (Wildman–Crippen MR) is 60.8 cm³/mol. The number of nitrogens with one attached hydrogen (secondary N) is 1. The van der Waals surface area contributed by atoms with Crippen molar-refractivity contribution in [3.05, 3.63) is 23.9 Å². The van der Waals surface area contributed by atoms with E-state index in [2.05, 4.69) is 10.3 Å². The number of anilines is 1. The summed E-state index contributed by atoms with van der Waals surface area (Å²) >= 11 is 0. The van der Waals surface area contributed by atoms with E-state index in [0.717, 1.165) is 6.42 Å². The molecule has 0 aromatic carbocycles. The van der Waals surface area contributed by atoms with Crippen LogP contribution in [0.4, 0.5) is 5.82 Å². The van der Waals surface area contributed by atoms with Crippen LogP contribution in [0.5, 0.6) is 0 Å². The first kappa shape index (κ1) is 10.9. The maximum atomic E-state index is 9.61. The highest BCUT2D eigenvalue weighted by atomic mass is 16.3. The lowest BCUT2D eigenvalue weighted by molar-refractivity contribution is -0.0511. The lowest BCUT2D eigenvalue weighted by atomic mass is 9.64. The van der Waals surface area contributed by atoms with Gasteiger partial charge in [0.05, 0.1) is 6.10 Å². The molecule has 1 aliphatic rings. The van der Waals surface area contributed by atoms with E-state index in [1.54, 1.807) is 12.1 Å². The molecule has 0 aliphatic heterocycles. The van der Waals surface area contributed by atoms with Crippen LogP contribution in [0.3, 0.4) is 0 Å². The van der Waals surface area contributed by atoms with Crippen molar-refractivity contribution in [2.45, 2.75) is 32.4 Å². The number of hydrogen-bond acceptors (Lipinski definition) is 4. The standard InChI is InChI=1S/C12H15N3O/c1-12(2)9(6-10(12)16)15-11-5-3-4-8(7-13)14-11/h3-5,9-10,16H,6H2,1-2H3,(H,14,15). The van der Waals surface area contributed by atoms with Gasteiger partial charge in [-0.1, -0.05) is 19.9 Å². The van der Waals surface area contributed by atoms with Gasteiger partial charge >= 0.3 is 0 Å². The number of aliphatic hydroxyl groups is 1. The molecule has 1 aromatic rings. The van der Waals surface area contributed by atoms with E-state index in [1.165, 1.54) is 0 Å². The Morgan fingerprint density at radius 2 is 2.31 bits per heavy atom. The summed E-state index contributed by atoms with van der Waals surface area (Å²) in [5.74, 6) is 0.698. The lowest BCUT2D eigenvalue weighted by Crippen LogP contribution is -2.57. The number of nitriles is 1.